The molecule has 2 heterocycles. The van der Waals surface area contributed by atoms with Crippen LogP contribution in [0.1, 0.15) is 17.7 Å². The number of aromatic nitrogens is 2. The van der Waals surface area contributed by atoms with Gasteiger partial charge in [0, 0.05) is 24.1 Å². The van der Waals surface area contributed by atoms with Gasteiger partial charge < -0.3 is 14.6 Å². The monoisotopic (exact) mass is 286 g/mol. The summed E-state index contributed by atoms with van der Waals surface area (Å²) in [7, 11) is 1.36. The van der Waals surface area contributed by atoms with Gasteiger partial charge in [0.15, 0.2) is 0 Å². The number of anilines is 2. The molecule has 0 atom stereocenters. The van der Waals surface area contributed by atoms with Crippen molar-refractivity contribution >= 4 is 17.5 Å². The first-order valence-electron chi connectivity index (χ1n) is 6.97. The maximum Gasteiger partial charge on any atom is 0.411 e. The second kappa shape index (κ2) is 5.87. The number of carbonyl (C=O) groups is 1. The highest BCUT2D eigenvalue weighted by molar-refractivity contribution is 5.85. The van der Waals surface area contributed by atoms with Crippen molar-refractivity contribution in [2.75, 3.05) is 23.9 Å². The lowest BCUT2D eigenvalue weighted by Gasteiger charge is -2.31. The van der Waals surface area contributed by atoms with Crippen LogP contribution in [0.5, 0.6) is 0 Å². The fraction of sp³-hybridized carbons (Fsp3) is 0.333. The normalized spacial score (nSPS) is 13.7. The second-order valence-electron chi connectivity index (χ2n) is 5.05. The number of rotatable bonds is 3. The highest BCUT2D eigenvalue weighted by Gasteiger charge is 2.18. The molecule has 1 aliphatic heterocycles. The molecule has 0 saturated heterocycles. The topological polar surface area (TPSA) is 70.2 Å². The number of nitrogens with one attached hydrogen (secondary N) is 2. The lowest BCUT2D eigenvalue weighted by Crippen LogP contribution is -2.29. The molecule has 2 aromatic rings. The van der Waals surface area contributed by atoms with Crippen LogP contribution in [0.2, 0.25) is 0 Å². The lowest BCUT2D eigenvalue weighted by atomic mass is 10.0. The highest BCUT2D eigenvalue weighted by atomic mass is 16.5. The molecule has 3 rings (SSSR count). The van der Waals surface area contributed by atoms with E-state index in [1.807, 2.05) is 18.3 Å². The zero-order valence-electron chi connectivity index (χ0n) is 11.9. The van der Waals surface area contributed by atoms with Gasteiger partial charge in [0.2, 0.25) is 0 Å². The smallest absolute Gasteiger partial charge is 0.411 e. The number of H-pyrrole nitrogens is 1. The quantitative estimate of drug-likeness (QED) is 0.909. The first kappa shape index (κ1) is 13.5. The van der Waals surface area contributed by atoms with Crippen molar-refractivity contribution in [2.45, 2.75) is 19.4 Å². The van der Waals surface area contributed by atoms with Crippen molar-refractivity contribution in [1.82, 2.24) is 9.97 Å². The summed E-state index contributed by atoms with van der Waals surface area (Å²) in [4.78, 5) is 20.9. The van der Waals surface area contributed by atoms with E-state index in [1.165, 1.54) is 12.7 Å². The van der Waals surface area contributed by atoms with E-state index in [2.05, 4.69) is 31.0 Å². The van der Waals surface area contributed by atoms with Crippen LogP contribution in [0.15, 0.2) is 30.7 Å². The summed E-state index contributed by atoms with van der Waals surface area (Å²) in [5, 5.41) is 2.71. The third-order valence-electron chi connectivity index (χ3n) is 3.64. The van der Waals surface area contributed by atoms with Gasteiger partial charge in [-0.1, -0.05) is 6.07 Å². The molecule has 0 unspecified atom stereocenters. The van der Waals surface area contributed by atoms with E-state index in [9.17, 15) is 4.79 Å². The summed E-state index contributed by atoms with van der Waals surface area (Å²) in [5.74, 6) is 0. The minimum absolute atomic E-state index is 0.454. The molecule has 1 aromatic carbocycles. The molecule has 0 saturated carbocycles. The Labute approximate surface area is 123 Å². The summed E-state index contributed by atoms with van der Waals surface area (Å²) >= 11 is 0. The summed E-state index contributed by atoms with van der Waals surface area (Å²) in [5.41, 5.74) is 4.20. The van der Waals surface area contributed by atoms with Crippen molar-refractivity contribution in [3.05, 3.63) is 42.0 Å². The number of aromatic amines is 1. The average Bonchev–Trinajstić information content (AvgIpc) is 3.01. The van der Waals surface area contributed by atoms with Crippen LogP contribution in [-0.4, -0.2) is 29.7 Å². The number of imidazole rings is 1. The predicted octanol–water partition coefficient (Wildman–Crippen LogP) is 2.54. The zero-order chi connectivity index (χ0) is 14.7. The molecule has 1 aromatic heterocycles. The van der Waals surface area contributed by atoms with Crippen molar-refractivity contribution in [2.24, 2.45) is 0 Å². The van der Waals surface area contributed by atoms with Crippen molar-refractivity contribution < 1.29 is 9.53 Å². The third kappa shape index (κ3) is 2.99. The number of ether oxygens (including phenoxy) is 1. The largest absolute Gasteiger partial charge is 0.453 e. The predicted molar refractivity (Wildman–Crippen MR) is 80.4 cm³/mol. The van der Waals surface area contributed by atoms with Crippen molar-refractivity contribution in [3.63, 3.8) is 0 Å². The molecule has 6 heteroatoms. The van der Waals surface area contributed by atoms with Crippen LogP contribution < -0.4 is 10.2 Å². The Morgan fingerprint density at radius 1 is 1.52 bits per heavy atom. The molecular formula is C15H18N4O2. The molecular weight excluding hydrogens is 268 g/mol. The summed E-state index contributed by atoms with van der Waals surface area (Å²) < 4.78 is 4.63. The van der Waals surface area contributed by atoms with E-state index in [0.29, 0.717) is 0 Å². The molecule has 0 radical (unpaired) electrons. The first-order valence-corrected chi connectivity index (χ1v) is 6.97. The number of carbonyl (C=O) groups excluding carboxylic acids is 1. The molecule has 2 N–H and O–H groups in total. The number of hydrogen-bond acceptors (Lipinski definition) is 4. The fourth-order valence-electron chi connectivity index (χ4n) is 2.63. The van der Waals surface area contributed by atoms with Gasteiger partial charge in [-0.05, 0) is 30.5 Å². The van der Waals surface area contributed by atoms with Crippen LogP contribution in [0.25, 0.3) is 0 Å². The number of fused-ring (bicyclic) bond motifs is 1. The van der Waals surface area contributed by atoms with E-state index < -0.39 is 6.09 Å². The van der Waals surface area contributed by atoms with E-state index in [4.69, 9.17) is 0 Å². The van der Waals surface area contributed by atoms with Gasteiger partial charge in [0.05, 0.1) is 25.7 Å². The summed E-state index contributed by atoms with van der Waals surface area (Å²) in [6, 6.07) is 5.98. The van der Waals surface area contributed by atoms with Gasteiger partial charge in [-0.25, -0.2) is 9.78 Å². The van der Waals surface area contributed by atoms with Crippen LogP contribution >= 0.6 is 0 Å². The zero-order valence-corrected chi connectivity index (χ0v) is 11.9. The molecule has 0 aliphatic carbocycles. The Morgan fingerprint density at radius 3 is 3.19 bits per heavy atom. The SMILES string of the molecule is COC(=O)Nc1ccc2c(c1)N(Cc1c[nH]cn1)CCC2. The number of benzene rings is 1. The first-order chi connectivity index (χ1) is 10.3. The number of hydrogen-bond donors (Lipinski definition) is 2. The molecule has 1 aliphatic rings. The maximum atomic E-state index is 11.3. The highest BCUT2D eigenvalue weighted by Crippen LogP contribution is 2.31. The van der Waals surface area contributed by atoms with E-state index in [1.54, 1.807) is 6.33 Å². The average molecular weight is 286 g/mol. The minimum atomic E-state index is -0.454. The molecule has 6 nitrogen and oxygen atoms in total. The maximum absolute atomic E-state index is 11.3. The van der Waals surface area contributed by atoms with Gasteiger partial charge in [0.1, 0.15) is 0 Å². The Bertz CT molecular complexity index is 625. The van der Waals surface area contributed by atoms with Crippen LogP contribution in [0.4, 0.5) is 16.2 Å². The van der Waals surface area contributed by atoms with Crippen LogP contribution in [0, 0.1) is 0 Å². The van der Waals surface area contributed by atoms with Crippen LogP contribution in [-0.2, 0) is 17.7 Å². The van der Waals surface area contributed by atoms with E-state index in [-0.39, 0.29) is 0 Å². The number of aryl methyl sites for hydroxylation is 1. The van der Waals surface area contributed by atoms with Crippen LogP contribution in [0.3, 0.4) is 0 Å². The third-order valence-corrected chi connectivity index (χ3v) is 3.64. The molecule has 0 fully saturated rings. The molecule has 1 amide bonds. The van der Waals surface area contributed by atoms with Gasteiger partial charge in [-0.2, -0.15) is 0 Å². The number of nitrogens with zero attached hydrogens (tertiary/aromatic N) is 2. The molecule has 21 heavy (non-hydrogen) atoms. The van der Waals surface area contributed by atoms with Gasteiger partial charge in [0.25, 0.3) is 0 Å². The molecule has 0 spiro atoms. The Hall–Kier alpha value is -2.50. The van der Waals surface area contributed by atoms with Gasteiger partial charge in [-0.3, -0.25) is 5.32 Å². The minimum Gasteiger partial charge on any atom is -0.453 e. The Kier molecular flexibility index (Phi) is 3.77. The lowest BCUT2D eigenvalue weighted by molar-refractivity contribution is 0.187. The van der Waals surface area contributed by atoms with Crippen molar-refractivity contribution in [1.29, 1.82) is 0 Å². The number of amides is 1. The number of methoxy groups -OCH3 is 1. The fourth-order valence-corrected chi connectivity index (χ4v) is 2.63. The molecule has 110 valence electrons. The Balaban J connectivity index is 1.84. The van der Waals surface area contributed by atoms with Gasteiger partial charge >= 0.3 is 6.09 Å². The standard InChI is InChI=1S/C15H18N4O2/c1-21-15(20)18-12-5-4-11-3-2-6-19(14(11)7-12)9-13-8-16-10-17-13/h4-5,7-8,10H,2-3,6,9H2,1H3,(H,16,17)(H,18,20). The van der Waals surface area contributed by atoms with Gasteiger partial charge in [-0.15, -0.1) is 0 Å². The summed E-state index contributed by atoms with van der Waals surface area (Å²) in [6.07, 6.45) is 5.33. The van der Waals surface area contributed by atoms with E-state index in [0.717, 1.165) is 43.0 Å². The summed E-state index contributed by atoms with van der Waals surface area (Å²) in [6.45, 7) is 1.75. The van der Waals surface area contributed by atoms with E-state index >= 15 is 0 Å². The molecule has 0 bridgehead atoms. The second-order valence-corrected chi connectivity index (χ2v) is 5.05. The Morgan fingerprint density at radius 2 is 2.43 bits per heavy atom. The van der Waals surface area contributed by atoms with Crippen molar-refractivity contribution in [3.8, 4) is 0 Å².